The Bertz CT molecular complexity index is 996. The highest BCUT2D eigenvalue weighted by Gasteiger charge is 2.30. The fourth-order valence-corrected chi connectivity index (χ4v) is 4.41. The number of halogens is 3. The molecular weight excluding hydrogens is 411 g/mol. The van der Waals surface area contributed by atoms with Crippen molar-refractivity contribution >= 4 is 11.8 Å². The molecule has 30 heavy (non-hydrogen) atoms. The minimum Gasteiger partial charge on any atom is -0.490 e. The Hall–Kier alpha value is -2.48. The monoisotopic (exact) mass is 433 g/mol. The van der Waals surface area contributed by atoms with E-state index in [0.717, 1.165) is 30.2 Å². The van der Waals surface area contributed by atoms with Gasteiger partial charge in [0.15, 0.2) is 11.0 Å². The van der Waals surface area contributed by atoms with Crippen LogP contribution in [0, 0.1) is 0 Å². The highest BCUT2D eigenvalue weighted by molar-refractivity contribution is 7.98. The van der Waals surface area contributed by atoms with Crippen LogP contribution in [0.25, 0.3) is 11.4 Å². The maximum absolute atomic E-state index is 12.9. The second-order valence-electron chi connectivity index (χ2n) is 7.40. The summed E-state index contributed by atoms with van der Waals surface area (Å²) in [5.41, 5.74) is 0.863. The first kappa shape index (κ1) is 20.8. The first-order valence-corrected chi connectivity index (χ1v) is 10.8. The van der Waals surface area contributed by atoms with E-state index >= 15 is 0 Å². The smallest absolute Gasteiger partial charge is 0.416 e. The molecule has 158 valence electrons. The zero-order chi connectivity index (χ0) is 21.1. The summed E-state index contributed by atoms with van der Waals surface area (Å²) in [5.74, 6) is 1.94. The summed E-state index contributed by atoms with van der Waals surface area (Å²) in [5, 5.41) is 9.11. The number of hydrogen-bond acceptors (Lipinski definition) is 4. The van der Waals surface area contributed by atoms with Crippen LogP contribution in [-0.2, 0) is 19.0 Å². The molecule has 1 fully saturated rings. The summed E-state index contributed by atoms with van der Waals surface area (Å²) in [6.45, 7) is 0. The average Bonchev–Trinajstić information content (AvgIpc) is 3.36. The fraction of sp³-hybridized carbons (Fsp3) is 0.364. The van der Waals surface area contributed by atoms with Crippen LogP contribution in [0.1, 0.15) is 36.8 Å². The number of alkyl halides is 3. The third kappa shape index (κ3) is 4.80. The largest absolute Gasteiger partial charge is 0.490 e. The molecule has 0 saturated heterocycles. The summed E-state index contributed by atoms with van der Waals surface area (Å²) in [4.78, 5) is 0. The lowest BCUT2D eigenvalue weighted by molar-refractivity contribution is -0.137. The molecule has 0 spiro atoms. The van der Waals surface area contributed by atoms with E-state index < -0.39 is 11.7 Å². The first-order valence-electron chi connectivity index (χ1n) is 9.85. The van der Waals surface area contributed by atoms with Gasteiger partial charge in [0, 0.05) is 18.4 Å². The molecule has 0 radical (unpaired) electrons. The molecule has 0 atom stereocenters. The van der Waals surface area contributed by atoms with E-state index in [-0.39, 0.29) is 0 Å². The van der Waals surface area contributed by atoms with Gasteiger partial charge >= 0.3 is 6.18 Å². The normalized spacial score (nSPS) is 14.9. The van der Waals surface area contributed by atoms with Gasteiger partial charge in [0.2, 0.25) is 0 Å². The van der Waals surface area contributed by atoms with Crippen LogP contribution < -0.4 is 4.74 Å². The third-order valence-corrected chi connectivity index (χ3v) is 6.27. The number of thioether (sulfide) groups is 1. The quantitative estimate of drug-likeness (QED) is 0.440. The Morgan fingerprint density at radius 1 is 1.07 bits per heavy atom. The van der Waals surface area contributed by atoms with Crippen molar-refractivity contribution in [3.8, 4) is 17.1 Å². The van der Waals surface area contributed by atoms with Gasteiger partial charge in [0.05, 0.1) is 11.7 Å². The van der Waals surface area contributed by atoms with E-state index in [1.807, 2.05) is 35.9 Å². The molecule has 0 N–H and O–H groups in total. The topological polar surface area (TPSA) is 39.9 Å². The number of nitrogens with zero attached hydrogens (tertiary/aromatic N) is 3. The van der Waals surface area contributed by atoms with Gasteiger partial charge in [-0.15, -0.1) is 10.2 Å². The zero-order valence-electron chi connectivity index (χ0n) is 16.5. The van der Waals surface area contributed by atoms with Crippen molar-refractivity contribution in [3.63, 3.8) is 0 Å². The SMILES string of the molecule is Cn1c(SCc2cccc(C(F)(F)F)c2)nnc1-c1ccc(OC2CCCC2)cc1. The third-order valence-electron chi connectivity index (χ3n) is 5.17. The summed E-state index contributed by atoms with van der Waals surface area (Å²) in [6.07, 6.45) is 0.636. The lowest BCUT2D eigenvalue weighted by atomic mass is 10.1. The van der Waals surface area contributed by atoms with Gasteiger partial charge in [-0.05, 0) is 61.6 Å². The molecule has 1 aliphatic rings. The van der Waals surface area contributed by atoms with Gasteiger partial charge in [0.1, 0.15) is 5.75 Å². The standard InChI is InChI=1S/C22H22F3N3OS/c1-28-20(16-9-11-19(12-10-16)29-18-7-2-3-8-18)26-27-21(28)30-14-15-5-4-6-17(13-15)22(23,24)25/h4-6,9-13,18H,2-3,7-8,14H2,1H3. The lowest BCUT2D eigenvalue weighted by Gasteiger charge is -2.13. The highest BCUT2D eigenvalue weighted by Crippen LogP contribution is 2.32. The molecule has 1 aromatic heterocycles. The van der Waals surface area contributed by atoms with Crippen molar-refractivity contribution in [1.82, 2.24) is 14.8 Å². The molecule has 0 unspecified atom stereocenters. The molecule has 3 aromatic rings. The number of rotatable bonds is 6. The van der Waals surface area contributed by atoms with Gasteiger partial charge in [-0.25, -0.2) is 0 Å². The number of ether oxygens (including phenoxy) is 1. The van der Waals surface area contributed by atoms with Crippen molar-refractivity contribution in [2.24, 2.45) is 7.05 Å². The van der Waals surface area contributed by atoms with Crippen molar-refractivity contribution in [1.29, 1.82) is 0 Å². The van der Waals surface area contributed by atoms with Gasteiger partial charge in [0.25, 0.3) is 0 Å². The van der Waals surface area contributed by atoms with Gasteiger partial charge in [-0.3, -0.25) is 0 Å². The molecule has 1 aliphatic carbocycles. The Morgan fingerprint density at radius 3 is 2.50 bits per heavy atom. The summed E-state index contributed by atoms with van der Waals surface area (Å²) >= 11 is 1.36. The van der Waals surface area contributed by atoms with Crippen molar-refractivity contribution in [3.05, 3.63) is 59.7 Å². The van der Waals surface area contributed by atoms with Crippen LogP contribution in [0.2, 0.25) is 0 Å². The van der Waals surface area contributed by atoms with E-state index in [0.29, 0.717) is 28.4 Å². The van der Waals surface area contributed by atoms with Gasteiger partial charge < -0.3 is 9.30 Å². The Balaban J connectivity index is 1.42. The molecule has 8 heteroatoms. The van der Waals surface area contributed by atoms with Gasteiger partial charge in [-0.1, -0.05) is 30.0 Å². The van der Waals surface area contributed by atoms with E-state index in [4.69, 9.17) is 4.74 Å². The lowest BCUT2D eigenvalue weighted by Crippen LogP contribution is -2.10. The van der Waals surface area contributed by atoms with E-state index in [1.54, 1.807) is 6.07 Å². The van der Waals surface area contributed by atoms with Crippen molar-refractivity contribution in [2.45, 2.75) is 48.9 Å². The Morgan fingerprint density at radius 2 is 1.80 bits per heavy atom. The molecule has 0 bridgehead atoms. The number of hydrogen-bond donors (Lipinski definition) is 0. The molecular formula is C22H22F3N3OS. The molecule has 1 saturated carbocycles. The highest BCUT2D eigenvalue weighted by atomic mass is 32.2. The minimum absolute atomic E-state index is 0.310. The van der Waals surface area contributed by atoms with Crippen molar-refractivity contribution in [2.75, 3.05) is 0 Å². The maximum Gasteiger partial charge on any atom is 0.416 e. The summed E-state index contributed by atoms with van der Waals surface area (Å²) in [6, 6.07) is 13.2. The van der Waals surface area contributed by atoms with Crippen molar-refractivity contribution < 1.29 is 17.9 Å². The molecule has 1 heterocycles. The molecule has 4 rings (SSSR count). The van der Waals surface area contributed by atoms with Crippen LogP contribution in [0.3, 0.4) is 0 Å². The van der Waals surface area contributed by atoms with Crippen LogP contribution in [0.4, 0.5) is 13.2 Å². The van der Waals surface area contributed by atoms with Crippen LogP contribution in [0.5, 0.6) is 5.75 Å². The van der Waals surface area contributed by atoms with Gasteiger partial charge in [-0.2, -0.15) is 13.2 Å². The van der Waals surface area contributed by atoms with E-state index in [2.05, 4.69) is 10.2 Å². The predicted molar refractivity (Wildman–Crippen MR) is 110 cm³/mol. The summed E-state index contributed by atoms with van der Waals surface area (Å²) in [7, 11) is 1.85. The minimum atomic E-state index is -4.34. The predicted octanol–water partition coefficient (Wildman–Crippen LogP) is 6.11. The summed E-state index contributed by atoms with van der Waals surface area (Å²) < 4.78 is 46.5. The van der Waals surface area contributed by atoms with E-state index in [1.165, 1.54) is 36.7 Å². The fourth-order valence-electron chi connectivity index (χ4n) is 3.56. The second-order valence-corrected chi connectivity index (χ2v) is 8.34. The number of benzene rings is 2. The molecule has 0 amide bonds. The maximum atomic E-state index is 12.9. The Kier molecular flexibility index (Phi) is 6.04. The first-order chi connectivity index (χ1) is 14.4. The molecule has 2 aromatic carbocycles. The van der Waals surface area contributed by atoms with Crippen LogP contribution in [0.15, 0.2) is 53.7 Å². The number of aromatic nitrogens is 3. The zero-order valence-corrected chi connectivity index (χ0v) is 17.3. The molecule has 4 nitrogen and oxygen atoms in total. The second kappa shape index (κ2) is 8.71. The van der Waals surface area contributed by atoms with Crippen LogP contribution >= 0.6 is 11.8 Å². The Labute approximate surface area is 177 Å². The molecule has 0 aliphatic heterocycles. The van der Waals surface area contributed by atoms with Crippen LogP contribution in [-0.4, -0.2) is 20.9 Å². The van der Waals surface area contributed by atoms with E-state index in [9.17, 15) is 13.2 Å². The average molecular weight is 433 g/mol.